The summed E-state index contributed by atoms with van der Waals surface area (Å²) in [5.74, 6) is 0. The minimum absolute atomic E-state index is 0.413. The number of pyridine rings is 1. The number of rotatable bonds is 6. The molecule has 3 aromatic heterocycles. The van der Waals surface area contributed by atoms with Gasteiger partial charge < -0.3 is 9.94 Å². The number of fused-ring (bicyclic) bond motifs is 2. The normalized spacial score (nSPS) is 12.8. The molecule has 11 nitrogen and oxygen atoms in total. The molecular weight excluding hydrogens is 388 g/mol. The van der Waals surface area contributed by atoms with E-state index < -0.39 is 12.3 Å². The molecule has 1 atom stereocenters. The standard InChI is InChI=1S/C19H18N8O3/c1-11(25-30-12(2)22-19(28)29)16-9-21-17-18(23-16)27(26-24-17)10-13-5-6-15-14(8-13)4-3-7-20-15/h3-9,12,22H,10H2,1-2H3,(H,28,29). The highest BCUT2D eigenvalue weighted by Gasteiger charge is 2.12. The molecule has 1 aromatic carbocycles. The second kappa shape index (κ2) is 8.07. The Morgan fingerprint density at radius 3 is 3.03 bits per heavy atom. The number of carboxylic acid groups (broad SMARTS) is 1. The van der Waals surface area contributed by atoms with E-state index in [0.717, 1.165) is 16.5 Å². The molecule has 0 radical (unpaired) electrons. The van der Waals surface area contributed by atoms with Crippen molar-refractivity contribution in [1.29, 1.82) is 0 Å². The Morgan fingerprint density at radius 1 is 1.33 bits per heavy atom. The fourth-order valence-corrected chi connectivity index (χ4v) is 2.84. The first-order valence-corrected chi connectivity index (χ1v) is 9.10. The van der Waals surface area contributed by atoms with E-state index >= 15 is 0 Å². The highest BCUT2D eigenvalue weighted by molar-refractivity contribution is 5.97. The molecule has 30 heavy (non-hydrogen) atoms. The van der Waals surface area contributed by atoms with Crippen molar-refractivity contribution >= 4 is 34.0 Å². The summed E-state index contributed by atoms with van der Waals surface area (Å²) in [5, 5.41) is 24.0. The predicted molar refractivity (Wildman–Crippen MR) is 108 cm³/mol. The van der Waals surface area contributed by atoms with Gasteiger partial charge in [-0.1, -0.05) is 22.5 Å². The van der Waals surface area contributed by atoms with Crippen LogP contribution in [0.3, 0.4) is 0 Å². The van der Waals surface area contributed by atoms with Crippen LogP contribution in [-0.4, -0.2) is 53.1 Å². The molecule has 0 fully saturated rings. The Hall–Kier alpha value is -4.15. The molecule has 0 spiro atoms. The Balaban J connectivity index is 1.58. The Bertz CT molecular complexity index is 1250. The van der Waals surface area contributed by atoms with Gasteiger partial charge in [0.2, 0.25) is 5.65 Å². The zero-order chi connectivity index (χ0) is 21.1. The molecule has 0 aliphatic carbocycles. The average Bonchev–Trinajstić information content (AvgIpc) is 3.13. The summed E-state index contributed by atoms with van der Waals surface area (Å²) in [5.41, 5.74) is 3.77. The van der Waals surface area contributed by atoms with E-state index in [0.29, 0.717) is 29.2 Å². The van der Waals surface area contributed by atoms with Gasteiger partial charge in [0, 0.05) is 11.6 Å². The van der Waals surface area contributed by atoms with Crippen LogP contribution in [0.4, 0.5) is 4.79 Å². The van der Waals surface area contributed by atoms with Crippen LogP contribution in [0.15, 0.2) is 47.9 Å². The van der Waals surface area contributed by atoms with Crippen molar-refractivity contribution in [1.82, 2.24) is 35.3 Å². The Kier molecular flexibility index (Phi) is 5.16. The van der Waals surface area contributed by atoms with Gasteiger partial charge in [-0.2, -0.15) is 0 Å². The smallest absolute Gasteiger partial charge is 0.407 e. The lowest BCUT2D eigenvalue weighted by Gasteiger charge is -2.09. The van der Waals surface area contributed by atoms with E-state index in [1.165, 1.54) is 13.1 Å². The number of benzene rings is 1. The molecule has 4 rings (SSSR count). The largest absolute Gasteiger partial charge is 0.465 e. The fraction of sp³-hybridized carbons (Fsp3) is 0.211. The molecule has 11 heteroatoms. The summed E-state index contributed by atoms with van der Waals surface area (Å²) in [4.78, 5) is 28.9. The number of oxime groups is 1. The maximum atomic E-state index is 10.6. The molecule has 1 amide bonds. The van der Waals surface area contributed by atoms with Crippen molar-refractivity contribution < 1.29 is 14.7 Å². The van der Waals surface area contributed by atoms with Crippen LogP contribution in [0.25, 0.3) is 22.2 Å². The summed E-state index contributed by atoms with van der Waals surface area (Å²) in [6, 6.07) is 9.89. The lowest BCUT2D eigenvalue weighted by molar-refractivity contribution is 0.0484. The molecule has 1 unspecified atom stereocenters. The van der Waals surface area contributed by atoms with E-state index in [4.69, 9.17) is 9.94 Å². The van der Waals surface area contributed by atoms with Crippen molar-refractivity contribution in [2.75, 3.05) is 0 Å². The van der Waals surface area contributed by atoms with Crippen LogP contribution < -0.4 is 5.32 Å². The fourth-order valence-electron chi connectivity index (χ4n) is 2.84. The van der Waals surface area contributed by atoms with Gasteiger partial charge in [-0.15, -0.1) is 5.10 Å². The third-order valence-corrected chi connectivity index (χ3v) is 4.27. The van der Waals surface area contributed by atoms with Gasteiger partial charge in [-0.05, 0) is 37.6 Å². The van der Waals surface area contributed by atoms with Crippen molar-refractivity contribution in [3.05, 3.63) is 54.0 Å². The monoisotopic (exact) mass is 406 g/mol. The van der Waals surface area contributed by atoms with E-state index in [1.54, 1.807) is 17.8 Å². The minimum Gasteiger partial charge on any atom is -0.465 e. The first kappa shape index (κ1) is 19.2. The van der Waals surface area contributed by atoms with Crippen LogP contribution in [0.2, 0.25) is 0 Å². The number of hydrogen-bond acceptors (Lipinski definition) is 8. The zero-order valence-corrected chi connectivity index (χ0v) is 16.2. The summed E-state index contributed by atoms with van der Waals surface area (Å²) in [7, 11) is 0. The predicted octanol–water partition coefficient (Wildman–Crippen LogP) is 2.17. The van der Waals surface area contributed by atoms with E-state index in [9.17, 15) is 4.79 Å². The van der Waals surface area contributed by atoms with Gasteiger partial charge in [0.05, 0.1) is 18.3 Å². The van der Waals surface area contributed by atoms with Gasteiger partial charge in [-0.3, -0.25) is 10.3 Å². The SMILES string of the molecule is CC(=NOC(C)NC(=O)O)c1cnc2nnn(Cc3ccc4ncccc4c3)c2n1. The molecule has 4 aromatic rings. The molecule has 0 aliphatic heterocycles. The van der Waals surface area contributed by atoms with Crippen LogP contribution >= 0.6 is 0 Å². The summed E-state index contributed by atoms with van der Waals surface area (Å²) in [6.07, 6.45) is 1.27. The molecule has 152 valence electrons. The van der Waals surface area contributed by atoms with E-state index in [1.807, 2.05) is 30.3 Å². The topological polar surface area (TPSA) is 140 Å². The summed E-state index contributed by atoms with van der Waals surface area (Å²) < 4.78 is 1.66. The second-order valence-electron chi connectivity index (χ2n) is 6.55. The van der Waals surface area contributed by atoms with Gasteiger partial charge in [-0.25, -0.2) is 19.4 Å². The molecular formula is C19H18N8O3. The molecule has 0 saturated carbocycles. The highest BCUT2D eigenvalue weighted by Crippen LogP contribution is 2.16. The number of hydrogen-bond donors (Lipinski definition) is 2. The number of aromatic nitrogens is 6. The van der Waals surface area contributed by atoms with Crippen LogP contribution in [0.5, 0.6) is 0 Å². The van der Waals surface area contributed by atoms with Gasteiger partial charge in [0.15, 0.2) is 11.9 Å². The van der Waals surface area contributed by atoms with Gasteiger partial charge in [0.1, 0.15) is 11.4 Å². The second-order valence-corrected chi connectivity index (χ2v) is 6.55. The van der Waals surface area contributed by atoms with Crippen molar-refractivity contribution in [2.45, 2.75) is 26.6 Å². The van der Waals surface area contributed by atoms with Crippen LogP contribution in [0.1, 0.15) is 25.1 Å². The average molecular weight is 406 g/mol. The van der Waals surface area contributed by atoms with Gasteiger partial charge >= 0.3 is 6.09 Å². The van der Waals surface area contributed by atoms with Crippen LogP contribution in [0, 0.1) is 0 Å². The molecule has 0 bridgehead atoms. The Morgan fingerprint density at radius 2 is 2.20 bits per heavy atom. The molecule has 3 heterocycles. The van der Waals surface area contributed by atoms with Crippen molar-refractivity contribution in [2.24, 2.45) is 5.16 Å². The molecule has 2 N–H and O–H groups in total. The first-order valence-electron chi connectivity index (χ1n) is 9.10. The number of amides is 1. The maximum Gasteiger partial charge on any atom is 0.407 e. The third-order valence-electron chi connectivity index (χ3n) is 4.27. The van der Waals surface area contributed by atoms with Crippen molar-refractivity contribution in [3.63, 3.8) is 0 Å². The Labute approximate surface area is 170 Å². The molecule has 0 aliphatic rings. The quantitative estimate of drug-likeness (QED) is 0.282. The number of carbonyl (C=O) groups is 1. The van der Waals surface area contributed by atoms with Crippen molar-refractivity contribution in [3.8, 4) is 0 Å². The third kappa shape index (κ3) is 4.14. The van der Waals surface area contributed by atoms with E-state index in [-0.39, 0.29) is 0 Å². The summed E-state index contributed by atoms with van der Waals surface area (Å²) >= 11 is 0. The minimum atomic E-state index is -1.20. The molecule has 0 saturated heterocycles. The van der Waals surface area contributed by atoms with Crippen LogP contribution in [-0.2, 0) is 11.4 Å². The zero-order valence-electron chi connectivity index (χ0n) is 16.2. The first-order chi connectivity index (χ1) is 14.5. The number of nitrogens with one attached hydrogen (secondary N) is 1. The van der Waals surface area contributed by atoms with Gasteiger partial charge in [0.25, 0.3) is 0 Å². The summed E-state index contributed by atoms with van der Waals surface area (Å²) in [6.45, 7) is 3.68. The number of nitrogens with zero attached hydrogens (tertiary/aromatic N) is 7. The lowest BCUT2D eigenvalue weighted by Crippen LogP contribution is -2.32. The maximum absolute atomic E-state index is 10.6. The lowest BCUT2D eigenvalue weighted by atomic mass is 10.1. The van der Waals surface area contributed by atoms with E-state index in [2.05, 4.69) is 35.7 Å². The highest BCUT2D eigenvalue weighted by atomic mass is 16.6.